The molecule has 5 nitrogen and oxygen atoms in total. The maximum Gasteiger partial charge on any atom is 0.292 e. The summed E-state index contributed by atoms with van der Waals surface area (Å²) in [4.78, 5) is 29.2. The van der Waals surface area contributed by atoms with Gasteiger partial charge in [0.1, 0.15) is 38.5 Å². The molecule has 1 unspecified atom stereocenters. The number of rotatable bonds is 4. The Kier molecular flexibility index (Phi) is 5.01. The first-order valence-electron chi connectivity index (χ1n) is 9.46. The summed E-state index contributed by atoms with van der Waals surface area (Å²) in [5, 5.41) is 0. The van der Waals surface area contributed by atoms with Crippen LogP contribution >= 0.6 is 0 Å². The fourth-order valence-electron chi connectivity index (χ4n) is 4.15. The van der Waals surface area contributed by atoms with Crippen LogP contribution in [0.3, 0.4) is 0 Å². The minimum absolute atomic E-state index is 0.159. The van der Waals surface area contributed by atoms with E-state index in [0.29, 0.717) is 5.69 Å². The third-order valence-electron chi connectivity index (χ3n) is 5.62. The summed E-state index contributed by atoms with van der Waals surface area (Å²) < 4.78 is 13.1. The van der Waals surface area contributed by atoms with Crippen molar-refractivity contribution in [2.45, 2.75) is 19.0 Å². The number of halogens is 1. The monoisotopic (exact) mass is 369 g/mol. The van der Waals surface area contributed by atoms with Crippen LogP contribution in [0, 0.1) is 5.82 Å². The normalized spacial score (nSPS) is 25.8. The summed E-state index contributed by atoms with van der Waals surface area (Å²) in [7, 11) is 0. The number of nitrogens with zero attached hydrogens (tertiary/aromatic N) is 1. The molecule has 2 heterocycles. The second-order valence-corrected chi connectivity index (χ2v) is 7.37. The van der Waals surface area contributed by atoms with Crippen LogP contribution in [0.1, 0.15) is 12.0 Å². The predicted molar refractivity (Wildman–Crippen MR) is 98.8 cm³/mol. The number of nitrogens with one attached hydrogen (secondary N) is 2. The fourth-order valence-corrected chi connectivity index (χ4v) is 4.15. The zero-order valence-electron chi connectivity index (χ0n) is 15.2. The van der Waals surface area contributed by atoms with E-state index in [-0.39, 0.29) is 30.1 Å². The van der Waals surface area contributed by atoms with Crippen LogP contribution in [-0.2, 0) is 16.1 Å². The molecule has 27 heavy (non-hydrogen) atoms. The zero-order valence-corrected chi connectivity index (χ0v) is 15.2. The molecule has 0 saturated carbocycles. The average Bonchev–Trinajstić information content (AvgIpc) is 2.98. The summed E-state index contributed by atoms with van der Waals surface area (Å²) in [6.45, 7) is 4.72. The van der Waals surface area contributed by atoms with E-state index < -0.39 is 0 Å². The molecule has 2 aromatic carbocycles. The molecule has 0 aromatic heterocycles. The van der Waals surface area contributed by atoms with Crippen LogP contribution in [-0.4, -0.2) is 44.0 Å². The van der Waals surface area contributed by atoms with Crippen molar-refractivity contribution in [1.82, 2.24) is 0 Å². The minimum atomic E-state index is -0.377. The number of amides is 2. The molecule has 2 aromatic rings. The van der Waals surface area contributed by atoms with Crippen molar-refractivity contribution in [2.24, 2.45) is 0 Å². The van der Waals surface area contributed by atoms with Gasteiger partial charge >= 0.3 is 0 Å². The molecule has 0 spiro atoms. The number of benzene rings is 2. The lowest BCUT2D eigenvalue weighted by Gasteiger charge is -2.32. The Balaban J connectivity index is 1.38. The van der Waals surface area contributed by atoms with Gasteiger partial charge in [0.15, 0.2) is 6.04 Å². The van der Waals surface area contributed by atoms with Crippen LogP contribution in [0.4, 0.5) is 10.1 Å². The van der Waals surface area contributed by atoms with E-state index in [9.17, 15) is 14.0 Å². The summed E-state index contributed by atoms with van der Waals surface area (Å²) in [5.74, 6) is -0.728. The van der Waals surface area contributed by atoms with Crippen molar-refractivity contribution < 1.29 is 23.8 Å². The first-order chi connectivity index (χ1) is 13.1. The molecule has 140 valence electrons. The lowest BCUT2D eigenvalue weighted by atomic mass is 10.1. The van der Waals surface area contributed by atoms with Crippen molar-refractivity contribution in [2.75, 3.05) is 31.1 Å². The van der Waals surface area contributed by atoms with Gasteiger partial charge in [0.2, 0.25) is 5.91 Å². The molecular formula is C21H24FN3O2+2. The van der Waals surface area contributed by atoms with Crippen LogP contribution in [0.15, 0.2) is 54.6 Å². The van der Waals surface area contributed by atoms with Crippen molar-refractivity contribution >= 4 is 17.5 Å². The number of carbonyl (C=O) groups excluding carboxylic acids is 2. The highest BCUT2D eigenvalue weighted by Gasteiger charge is 2.46. The van der Waals surface area contributed by atoms with Gasteiger partial charge in [0.25, 0.3) is 5.91 Å². The van der Waals surface area contributed by atoms with Gasteiger partial charge in [-0.3, -0.25) is 9.59 Å². The maximum absolute atomic E-state index is 13.1. The largest absolute Gasteiger partial charge is 0.322 e. The first-order valence-corrected chi connectivity index (χ1v) is 9.46. The topological polar surface area (TPSA) is 46.3 Å². The molecule has 0 aliphatic carbocycles. The van der Waals surface area contributed by atoms with Crippen LogP contribution in [0.2, 0.25) is 0 Å². The van der Waals surface area contributed by atoms with Crippen molar-refractivity contribution in [3.05, 3.63) is 66.0 Å². The Hall–Kier alpha value is -2.57. The standard InChI is InChI=1S/C21H22FN3O2/c22-17-6-8-18(9-7-17)25-20(26)14-19(21(25)27)24-12-10-23(11-13-24)15-16-4-2-1-3-5-16/h1-9,19H,10-15H2/p+2. The Bertz CT molecular complexity index is 817. The third kappa shape index (κ3) is 3.77. The molecule has 6 heteroatoms. The van der Waals surface area contributed by atoms with Crippen LogP contribution in [0.5, 0.6) is 0 Å². The number of imide groups is 1. The van der Waals surface area contributed by atoms with Gasteiger partial charge in [0, 0.05) is 5.56 Å². The van der Waals surface area contributed by atoms with Gasteiger partial charge < -0.3 is 9.80 Å². The highest BCUT2D eigenvalue weighted by Crippen LogP contribution is 2.22. The van der Waals surface area contributed by atoms with Crippen LogP contribution in [0.25, 0.3) is 0 Å². The second-order valence-electron chi connectivity index (χ2n) is 7.37. The van der Waals surface area contributed by atoms with Gasteiger partial charge in [0.05, 0.1) is 12.1 Å². The van der Waals surface area contributed by atoms with E-state index in [0.717, 1.165) is 32.7 Å². The van der Waals surface area contributed by atoms with E-state index in [4.69, 9.17) is 0 Å². The number of hydrogen-bond acceptors (Lipinski definition) is 2. The molecule has 1 atom stereocenters. The molecule has 0 radical (unpaired) electrons. The average molecular weight is 369 g/mol. The smallest absolute Gasteiger partial charge is 0.292 e. The van der Waals surface area contributed by atoms with Crippen molar-refractivity contribution in [1.29, 1.82) is 0 Å². The molecule has 2 N–H and O–H groups in total. The fraction of sp³-hybridized carbons (Fsp3) is 0.333. The molecule has 2 amide bonds. The Morgan fingerprint density at radius 2 is 1.59 bits per heavy atom. The van der Waals surface area contributed by atoms with Crippen molar-refractivity contribution in [3.8, 4) is 0 Å². The number of carbonyl (C=O) groups is 2. The maximum atomic E-state index is 13.1. The summed E-state index contributed by atoms with van der Waals surface area (Å²) >= 11 is 0. The summed E-state index contributed by atoms with van der Waals surface area (Å²) in [5.41, 5.74) is 1.78. The molecule has 0 bridgehead atoms. The van der Waals surface area contributed by atoms with Crippen LogP contribution < -0.4 is 14.7 Å². The number of quaternary nitrogens is 2. The van der Waals surface area contributed by atoms with E-state index >= 15 is 0 Å². The molecule has 2 fully saturated rings. The summed E-state index contributed by atoms with van der Waals surface area (Å²) in [6, 6.07) is 15.7. The molecule has 2 aliphatic rings. The molecular weight excluding hydrogens is 345 g/mol. The Labute approximate surface area is 158 Å². The van der Waals surface area contributed by atoms with Gasteiger partial charge in [-0.05, 0) is 24.3 Å². The van der Waals surface area contributed by atoms with Gasteiger partial charge in [-0.15, -0.1) is 0 Å². The number of anilines is 1. The zero-order chi connectivity index (χ0) is 18.8. The minimum Gasteiger partial charge on any atom is -0.322 e. The van der Waals surface area contributed by atoms with Gasteiger partial charge in [-0.2, -0.15) is 0 Å². The quantitative estimate of drug-likeness (QED) is 0.710. The Morgan fingerprint density at radius 1 is 0.926 bits per heavy atom. The number of piperazine rings is 1. The van der Waals surface area contributed by atoms with E-state index in [1.165, 1.54) is 44.5 Å². The van der Waals surface area contributed by atoms with E-state index in [1.807, 2.05) is 6.07 Å². The SMILES string of the molecule is O=C1CC([NH+]2CC[NH+](Cc3ccccc3)CC2)C(=O)N1c1ccc(F)cc1. The third-order valence-corrected chi connectivity index (χ3v) is 5.62. The Morgan fingerprint density at radius 3 is 2.26 bits per heavy atom. The van der Waals surface area contributed by atoms with E-state index in [1.54, 1.807) is 0 Å². The lowest BCUT2D eigenvalue weighted by Crippen LogP contribution is -3.29. The van der Waals surface area contributed by atoms with Gasteiger partial charge in [-0.1, -0.05) is 30.3 Å². The highest BCUT2D eigenvalue weighted by molar-refractivity contribution is 6.21. The first kappa shape index (κ1) is 17.8. The van der Waals surface area contributed by atoms with Gasteiger partial charge in [-0.25, -0.2) is 9.29 Å². The summed E-state index contributed by atoms with van der Waals surface area (Å²) in [6.07, 6.45) is 0.236. The number of hydrogen-bond donors (Lipinski definition) is 2. The second kappa shape index (κ2) is 7.58. The molecule has 2 saturated heterocycles. The molecule has 4 rings (SSSR count). The lowest BCUT2D eigenvalue weighted by molar-refractivity contribution is -1.02. The van der Waals surface area contributed by atoms with Crippen molar-refractivity contribution in [3.63, 3.8) is 0 Å². The highest BCUT2D eigenvalue weighted by atomic mass is 19.1. The van der Waals surface area contributed by atoms with E-state index in [2.05, 4.69) is 24.3 Å². The molecule has 2 aliphatic heterocycles. The predicted octanol–water partition coefficient (Wildman–Crippen LogP) is -0.559.